The second kappa shape index (κ2) is 8.39. The molecule has 0 aliphatic carbocycles. The summed E-state index contributed by atoms with van der Waals surface area (Å²) in [5, 5.41) is 5.75. The maximum atomic E-state index is 14.7. The Labute approximate surface area is 193 Å². The predicted octanol–water partition coefficient (Wildman–Crippen LogP) is 4.50. The van der Waals surface area contributed by atoms with Crippen LogP contribution in [0.15, 0.2) is 59.5 Å². The molecule has 0 fully saturated rings. The van der Waals surface area contributed by atoms with Gasteiger partial charge in [0.2, 0.25) is 11.5 Å². The van der Waals surface area contributed by atoms with E-state index >= 15 is 0 Å². The van der Waals surface area contributed by atoms with Crippen molar-refractivity contribution in [3.8, 4) is 22.5 Å². The highest BCUT2D eigenvalue weighted by atomic mass is 19.1. The van der Waals surface area contributed by atoms with Crippen molar-refractivity contribution in [3.05, 3.63) is 78.3 Å². The van der Waals surface area contributed by atoms with E-state index in [0.29, 0.717) is 28.7 Å². The van der Waals surface area contributed by atoms with Crippen molar-refractivity contribution >= 4 is 23.1 Å². The molecule has 0 saturated carbocycles. The van der Waals surface area contributed by atoms with Gasteiger partial charge in [-0.05, 0) is 37.3 Å². The molecule has 0 atom stereocenters. The number of halogens is 1. The van der Waals surface area contributed by atoms with Crippen LogP contribution in [0.25, 0.3) is 28.3 Å². The molecule has 10 heteroatoms. The molecule has 1 aromatic carbocycles. The number of hydrogen-bond donors (Lipinski definition) is 2. The number of nitrogens with one attached hydrogen (secondary N) is 2. The Bertz CT molecular complexity index is 1520. The fourth-order valence-corrected chi connectivity index (χ4v) is 3.59. The summed E-state index contributed by atoms with van der Waals surface area (Å²) < 4.78 is 21.8. The predicted molar refractivity (Wildman–Crippen MR) is 125 cm³/mol. The first kappa shape index (κ1) is 21.3. The van der Waals surface area contributed by atoms with Crippen LogP contribution in [0.4, 0.5) is 15.8 Å². The number of carbonyl (C=O) groups excluding carboxylic acids is 1. The third-order valence-corrected chi connectivity index (χ3v) is 5.27. The van der Waals surface area contributed by atoms with Gasteiger partial charge in [-0.25, -0.2) is 19.3 Å². The summed E-state index contributed by atoms with van der Waals surface area (Å²) >= 11 is 0. The Morgan fingerprint density at radius 1 is 1.00 bits per heavy atom. The zero-order chi connectivity index (χ0) is 23.8. The lowest BCUT2D eigenvalue weighted by molar-refractivity contribution is 0.0994. The van der Waals surface area contributed by atoms with Crippen LogP contribution in [0, 0.1) is 19.7 Å². The van der Waals surface area contributed by atoms with E-state index in [-0.39, 0.29) is 11.3 Å². The Hall–Kier alpha value is -4.60. The molecule has 2 N–H and O–H groups in total. The van der Waals surface area contributed by atoms with Crippen molar-refractivity contribution in [2.45, 2.75) is 13.8 Å². The minimum atomic E-state index is -0.474. The van der Waals surface area contributed by atoms with Gasteiger partial charge in [-0.1, -0.05) is 0 Å². The number of fused-ring (bicyclic) bond motifs is 1. The van der Waals surface area contributed by atoms with Gasteiger partial charge in [-0.15, -0.1) is 0 Å². The maximum absolute atomic E-state index is 14.7. The van der Waals surface area contributed by atoms with E-state index < -0.39 is 11.7 Å². The number of hydrogen-bond acceptors (Lipinski definition) is 7. The van der Waals surface area contributed by atoms with Crippen LogP contribution in [-0.4, -0.2) is 37.3 Å². The van der Waals surface area contributed by atoms with E-state index in [1.165, 1.54) is 18.2 Å². The first-order valence-electron chi connectivity index (χ1n) is 10.5. The lowest BCUT2D eigenvalue weighted by Crippen LogP contribution is -2.12. The van der Waals surface area contributed by atoms with Gasteiger partial charge in [-0.3, -0.25) is 14.2 Å². The number of amides is 1. The lowest BCUT2D eigenvalue weighted by Gasteiger charge is -2.06. The van der Waals surface area contributed by atoms with Gasteiger partial charge in [0.15, 0.2) is 5.89 Å². The van der Waals surface area contributed by atoms with E-state index in [0.717, 1.165) is 16.9 Å². The summed E-state index contributed by atoms with van der Waals surface area (Å²) in [7, 11) is 1.83. The average Bonchev–Trinajstić information content (AvgIpc) is 3.42. The first-order chi connectivity index (χ1) is 16.4. The standard InChI is InChI=1S/C24H20FN7O2/c1-13-22(34-14(2)29-13)23(33)30-16-4-6-19(25)18(8-16)21-12-32-11-15(9-28-24(32)31-21)20-7-5-17(26-3)10-27-20/h4-12,26H,1-3H3,(H,30,33). The molecule has 4 aromatic heterocycles. The van der Waals surface area contributed by atoms with E-state index in [1.54, 1.807) is 36.8 Å². The summed E-state index contributed by atoms with van der Waals surface area (Å²) in [4.78, 5) is 29.9. The van der Waals surface area contributed by atoms with Crippen molar-refractivity contribution in [2.75, 3.05) is 17.7 Å². The molecule has 0 saturated heterocycles. The minimum Gasteiger partial charge on any atom is -0.436 e. The first-order valence-corrected chi connectivity index (χ1v) is 10.5. The number of pyridine rings is 1. The number of anilines is 2. The van der Waals surface area contributed by atoms with Crippen LogP contribution in [-0.2, 0) is 0 Å². The number of aromatic nitrogens is 5. The minimum absolute atomic E-state index is 0.115. The SMILES string of the molecule is CNc1ccc(-c2cnc3nc(-c4cc(NC(=O)c5oc(C)nc5C)ccc4F)cn3c2)nc1. The third kappa shape index (κ3) is 3.96. The van der Waals surface area contributed by atoms with Crippen molar-refractivity contribution in [2.24, 2.45) is 0 Å². The van der Waals surface area contributed by atoms with Gasteiger partial charge in [0.05, 0.1) is 29.0 Å². The highest BCUT2D eigenvalue weighted by molar-refractivity contribution is 6.03. The molecular formula is C24H20FN7O2. The highest BCUT2D eigenvalue weighted by Crippen LogP contribution is 2.27. The quantitative estimate of drug-likeness (QED) is 0.400. The molecule has 170 valence electrons. The Kier molecular flexibility index (Phi) is 5.25. The maximum Gasteiger partial charge on any atom is 0.293 e. The van der Waals surface area contributed by atoms with Gasteiger partial charge in [0, 0.05) is 49.4 Å². The number of imidazole rings is 1. The summed E-state index contributed by atoms with van der Waals surface area (Å²) in [6.07, 6.45) is 6.92. The molecule has 1 amide bonds. The number of rotatable bonds is 5. The molecule has 0 bridgehead atoms. The van der Waals surface area contributed by atoms with Crippen molar-refractivity contribution in [1.29, 1.82) is 0 Å². The second-order valence-electron chi connectivity index (χ2n) is 7.65. The van der Waals surface area contributed by atoms with Gasteiger partial charge in [0.25, 0.3) is 5.91 Å². The Morgan fingerprint density at radius 3 is 2.53 bits per heavy atom. The number of nitrogens with zero attached hydrogens (tertiary/aromatic N) is 5. The van der Waals surface area contributed by atoms with Crippen molar-refractivity contribution in [3.63, 3.8) is 0 Å². The molecule has 0 unspecified atom stereocenters. The molecule has 9 nitrogen and oxygen atoms in total. The molecule has 0 aliphatic rings. The van der Waals surface area contributed by atoms with Crippen molar-refractivity contribution in [1.82, 2.24) is 24.3 Å². The van der Waals surface area contributed by atoms with E-state index in [9.17, 15) is 9.18 Å². The summed E-state index contributed by atoms with van der Waals surface area (Å²) in [5.74, 6) is -0.0185. The molecule has 4 heterocycles. The van der Waals surface area contributed by atoms with E-state index in [1.807, 2.05) is 25.4 Å². The fraction of sp³-hybridized carbons (Fsp3) is 0.125. The van der Waals surface area contributed by atoms with Gasteiger partial charge >= 0.3 is 0 Å². The van der Waals surface area contributed by atoms with Crippen LogP contribution < -0.4 is 10.6 Å². The number of oxazole rings is 1. The van der Waals surface area contributed by atoms with Crippen LogP contribution in [0.2, 0.25) is 0 Å². The number of carbonyl (C=O) groups is 1. The number of aryl methyl sites for hydroxylation is 2. The van der Waals surface area contributed by atoms with Crippen molar-refractivity contribution < 1.29 is 13.6 Å². The topological polar surface area (TPSA) is 110 Å². The molecule has 0 spiro atoms. The zero-order valence-electron chi connectivity index (χ0n) is 18.6. The van der Waals surface area contributed by atoms with E-state index in [4.69, 9.17) is 4.42 Å². The lowest BCUT2D eigenvalue weighted by atomic mass is 10.1. The average molecular weight is 457 g/mol. The van der Waals surface area contributed by atoms with Gasteiger partial charge in [-0.2, -0.15) is 0 Å². The molecular weight excluding hydrogens is 437 g/mol. The van der Waals surface area contributed by atoms with Crippen LogP contribution in [0.3, 0.4) is 0 Å². The molecule has 0 aliphatic heterocycles. The van der Waals surface area contributed by atoms with Crippen LogP contribution in [0.1, 0.15) is 22.1 Å². The fourth-order valence-electron chi connectivity index (χ4n) is 3.59. The summed E-state index contributed by atoms with van der Waals surface area (Å²) in [5.41, 5.74) is 3.92. The smallest absolute Gasteiger partial charge is 0.293 e. The summed E-state index contributed by atoms with van der Waals surface area (Å²) in [6, 6.07) is 8.08. The molecule has 0 radical (unpaired) electrons. The normalized spacial score (nSPS) is 11.1. The largest absolute Gasteiger partial charge is 0.436 e. The zero-order valence-corrected chi connectivity index (χ0v) is 18.6. The van der Waals surface area contributed by atoms with Gasteiger partial charge < -0.3 is 15.1 Å². The second-order valence-corrected chi connectivity index (χ2v) is 7.65. The number of benzene rings is 1. The Morgan fingerprint density at radius 2 is 1.82 bits per heavy atom. The van der Waals surface area contributed by atoms with Gasteiger partial charge in [0.1, 0.15) is 5.82 Å². The summed E-state index contributed by atoms with van der Waals surface area (Å²) in [6.45, 7) is 3.35. The monoisotopic (exact) mass is 457 g/mol. The highest BCUT2D eigenvalue weighted by Gasteiger charge is 2.18. The molecule has 5 rings (SSSR count). The Balaban J connectivity index is 1.45. The van der Waals surface area contributed by atoms with Crippen LogP contribution in [0.5, 0.6) is 0 Å². The third-order valence-electron chi connectivity index (χ3n) is 5.27. The molecule has 5 aromatic rings. The van der Waals surface area contributed by atoms with E-state index in [2.05, 4.69) is 30.6 Å². The molecule has 34 heavy (non-hydrogen) atoms. The van der Waals surface area contributed by atoms with Crippen LogP contribution >= 0.6 is 0 Å².